The number of ether oxygens (including phenoxy) is 1. The lowest BCUT2D eigenvalue weighted by Crippen LogP contribution is -2.24. The van der Waals surface area contributed by atoms with Crippen molar-refractivity contribution in [1.82, 2.24) is 19.7 Å². The summed E-state index contributed by atoms with van der Waals surface area (Å²) in [7, 11) is 0. The second-order valence-corrected chi connectivity index (χ2v) is 6.63. The monoisotopic (exact) mass is 370 g/mol. The van der Waals surface area contributed by atoms with Crippen LogP contribution in [0.2, 0.25) is 5.02 Å². The highest BCUT2D eigenvalue weighted by Crippen LogP contribution is 2.46. The predicted octanol–water partition coefficient (Wildman–Crippen LogP) is 3.18. The van der Waals surface area contributed by atoms with Crippen molar-refractivity contribution < 1.29 is 9.53 Å². The molecule has 0 unspecified atom stereocenters. The van der Waals surface area contributed by atoms with Crippen LogP contribution in [-0.4, -0.2) is 25.7 Å². The Morgan fingerprint density at radius 3 is 2.54 bits per heavy atom. The summed E-state index contributed by atoms with van der Waals surface area (Å²) in [5.41, 5.74) is 2.23. The summed E-state index contributed by atoms with van der Waals surface area (Å²) in [6, 6.07) is 7.20. The fourth-order valence-corrected chi connectivity index (χ4v) is 3.45. The van der Waals surface area contributed by atoms with Crippen LogP contribution in [0.1, 0.15) is 45.8 Å². The number of H-pyrrole nitrogens is 1. The van der Waals surface area contributed by atoms with Crippen LogP contribution in [0.25, 0.3) is 0 Å². The molecule has 0 saturated carbocycles. The highest BCUT2D eigenvalue weighted by Gasteiger charge is 2.37. The van der Waals surface area contributed by atoms with Crippen LogP contribution in [0.5, 0.6) is 11.8 Å². The molecule has 0 radical (unpaired) electrons. The molecule has 0 amide bonds. The number of aromatic amines is 1. The van der Waals surface area contributed by atoms with Crippen LogP contribution in [0, 0.1) is 13.8 Å². The van der Waals surface area contributed by atoms with Gasteiger partial charge in [0.15, 0.2) is 0 Å². The van der Waals surface area contributed by atoms with Crippen LogP contribution in [0.4, 0.5) is 0 Å². The van der Waals surface area contributed by atoms with E-state index in [1.54, 1.807) is 26.0 Å². The Bertz CT molecular complexity index is 1100. The molecule has 3 heterocycles. The zero-order valence-corrected chi connectivity index (χ0v) is 15.1. The number of aryl methyl sites for hydroxylation is 1. The summed E-state index contributed by atoms with van der Waals surface area (Å²) in [4.78, 5) is 31.6. The van der Waals surface area contributed by atoms with Crippen molar-refractivity contribution in [3.63, 3.8) is 0 Å². The van der Waals surface area contributed by atoms with Gasteiger partial charge in [-0.1, -0.05) is 23.7 Å². The van der Waals surface area contributed by atoms with Gasteiger partial charge in [-0.2, -0.15) is 4.98 Å². The molecule has 1 aliphatic heterocycles. The maximum absolute atomic E-state index is 12.7. The van der Waals surface area contributed by atoms with Gasteiger partial charge in [0.1, 0.15) is 5.82 Å². The minimum absolute atomic E-state index is 0.201. The van der Waals surface area contributed by atoms with Gasteiger partial charge in [-0.05, 0) is 31.5 Å². The van der Waals surface area contributed by atoms with E-state index in [1.807, 2.05) is 12.1 Å². The van der Waals surface area contributed by atoms with E-state index < -0.39 is 5.92 Å². The molecule has 0 saturated heterocycles. The molecular formula is C18H15ClN4O3. The van der Waals surface area contributed by atoms with Gasteiger partial charge in [-0.25, -0.2) is 4.68 Å². The van der Waals surface area contributed by atoms with Crippen molar-refractivity contribution in [3.05, 3.63) is 67.9 Å². The van der Waals surface area contributed by atoms with E-state index in [0.29, 0.717) is 27.7 Å². The van der Waals surface area contributed by atoms with Gasteiger partial charge in [-0.3, -0.25) is 9.59 Å². The molecule has 1 aliphatic rings. The van der Waals surface area contributed by atoms with E-state index in [0.717, 1.165) is 5.56 Å². The third kappa shape index (κ3) is 2.43. The molecule has 132 valence electrons. The number of nitrogens with one attached hydrogen (secondary N) is 1. The molecule has 0 bridgehead atoms. The molecule has 1 atom stereocenters. The number of halogens is 1. The number of rotatable bonds is 1. The predicted molar refractivity (Wildman–Crippen MR) is 95.3 cm³/mol. The Balaban J connectivity index is 2.04. The van der Waals surface area contributed by atoms with E-state index in [2.05, 4.69) is 15.1 Å². The maximum Gasteiger partial charge on any atom is 0.258 e. The fraction of sp³-hybridized carbons (Fsp3) is 0.222. The summed E-state index contributed by atoms with van der Waals surface area (Å²) in [6.07, 6.45) is 0. The van der Waals surface area contributed by atoms with E-state index in [-0.39, 0.29) is 23.2 Å². The van der Waals surface area contributed by atoms with Gasteiger partial charge in [0.25, 0.3) is 5.56 Å². The first-order valence-corrected chi connectivity index (χ1v) is 8.39. The Kier molecular flexibility index (Phi) is 3.69. The number of hydrogen-bond donors (Lipinski definition) is 1. The highest BCUT2D eigenvalue weighted by molar-refractivity contribution is 6.30. The zero-order chi connectivity index (χ0) is 18.6. The van der Waals surface area contributed by atoms with E-state index in [9.17, 15) is 9.59 Å². The normalized spacial score (nSPS) is 15.2. The second kappa shape index (κ2) is 5.81. The first kappa shape index (κ1) is 16.5. The number of aromatic nitrogens is 4. The molecule has 1 N–H and O–H groups in total. The molecule has 0 spiro atoms. The standard InChI is InChI=1S/C18H15ClN4O3/c1-8-13-14(11-4-6-12(19)7-5-11)15-16(25)20-9(2)21-17(15)26-18(13)22-23(8)10(3)24/h4-7,14H,1-3H3,(H,20,21,25)/t14-/m0/s1. The van der Waals surface area contributed by atoms with E-state index in [1.165, 1.54) is 11.6 Å². The van der Waals surface area contributed by atoms with Gasteiger partial charge in [0, 0.05) is 17.5 Å². The number of carbonyl (C=O) groups is 1. The number of carbonyl (C=O) groups excluding carboxylic acids is 1. The first-order valence-electron chi connectivity index (χ1n) is 8.01. The Morgan fingerprint density at radius 1 is 1.19 bits per heavy atom. The van der Waals surface area contributed by atoms with Crippen LogP contribution in [0.3, 0.4) is 0 Å². The van der Waals surface area contributed by atoms with Crippen molar-refractivity contribution in [2.45, 2.75) is 26.7 Å². The number of benzene rings is 1. The lowest BCUT2D eigenvalue weighted by atomic mass is 9.85. The maximum atomic E-state index is 12.7. The summed E-state index contributed by atoms with van der Waals surface area (Å²) < 4.78 is 7.06. The molecule has 3 aromatic rings. The van der Waals surface area contributed by atoms with E-state index >= 15 is 0 Å². The summed E-state index contributed by atoms with van der Waals surface area (Å²) in [5, 5.41) is 4.86. The summed E-state index contributed by atoms with van der Waals surface area (Å²) in [6.45, 7) is 4.88. The van der Waals surface area contributed by atoms with Gasteiger partial charge < -0.3 is 9.72 Å². The molecule has 7 nitrogen and oxygen atoms in total. The smallest absolute Gasteiger partial charge is 0.258 e. The third-order valence-electron chi connectivity index (χ3n) is 4.44. The Hall–Kier alpha value is -2.93. The van der Waals surface area contributed by atoms with Crippen molar-refractivity contribution in [2.24, 2.45) is 0 Å². The summed E-state index contributed by atoms with van der Waals surface area (Å²) >= 11 is 6.01. The number of hydrogen-bond acceptors (Lipinski definition) is 5. The van der Waals surface area contributed by atoms with Crippen LogP contribution >= 0.6 is 11.6 Å². The van der Waals surface area contributed by atoms with Crippen molar-refractivity contribution in [2.75, 3.05) is 0 Å². The minimum atomic E-state index is -0.462. The first-order chi connectivity index (χ1) is 12.4. The Morgan fingerprint density at radius 2 is 1.88 bits per heavy atom. The second-order valence-electron chi connectivity index (χ2n) is 6.19. The number of nitrogens with zero attached hydrogens (tertiary/aromatic N) is 3. The molecule has 4 rings (SSSR count). The van der Waals surface area contributed by atoms with Crippen molar-refractivity contribution >= 4 is 17.5 Å². The van der Waals surface area contributed by atoms with Crippen molar-refractivity contribution in [3.8, 4) is 11.8 Å². The molecule has 8 heteroatoms. The lowest BCUT2D eigenvalue weighted by molar-refractivity contribution is 0.0917. The SMILES string of the molecule is CC(=O)n1nc2c(c1C)[C@H](c1ccc(Cl)cc1)c1c(nc(C)[nH]c1=O)O2. The van der Waals surface area contributed by atoms with Gasteiger partial charge in [-0.15, -0.1) is 5.10 Å². The highest BCUT2D eigenvalue weighted by atomic mass is 35.5. The van der Waals surface area contributed by atoms with Gasteiger partial charge in [0.05, 0.1) is 17.2 Å². The molecular weight excluding hydrogens is 356 g/mol. The largest absolute Gasteiger partial charge is 0.418 e. The van der Waals surface area contributed by atoms with Gasteiger partial charge >= 0.3 is 0 Å². The average Bonchev–Trinajstić information content (AvgIpc) is 2.90. The van der Waals surface area contributed by atoms with Crippen molar-refractivity contribution in [1.29, 1.82) is 0 Å². The summed E-state index contributed by atoms with van der Waals surface area (Å²) in [5.74, 6) is 0.220. The molecule has 1 aromatic carbocycles. The zero-order valence-electron chi connectivity index (χ0n) is 14.3. The minimum Gasteiger partial charge on any atom is -0.418 e. The average molecular weight is 371 g/mol. The number of fused-ring (bicyclic) bond motifs is 2. The van der Waals surface area contributed by atoms with E-state index in [4.69, 9.17) is 16.3 Å². The van der Waals surface area contributed by atoms with Crippen LogP contribution < -0.4 is 10.3 Å². The van der Waals surface area contributed by atoms with Crippen LogP contribution in [0.15, 0.2) is 29.1 Å². The quantitative estimate of drug-likeness (QED) is 0.555. The molecule has 0 fully saturated rings. The molecule has 26 heavy (non-hydrogen) atoms. The fourth-order valence-electron chi connectivity index (χ4n) is 3.33. The topological polar surface area (TPSA) is 89.9 Å². The Labute approximate surface area is 153 Å². The molecule has 2 aromatic heterocycles. The van der Waals surface area contributed by atoms with Gasteiger partial charge in [0.2, 0.25) is 17.7 Å². The van der Waals surface area contributed by atoms with Crippen LogP contribution in [-0.2, 0) is 0 Å². The lowest BCUT2D eigenvalue weighted by Gasteiger charge is -2.24. The third-order valence-corrected chi connectivity index (χ3v) is 4.69. The molecule has 0 aliphatic carbocycles.